The van der Waals surface area contributed by atoms with Gasteiger partial charge >= 0.3 is 6.18 Å². The second kappa shape index (κ2) is 6.42. The van der Waals surface area contributed by atoms with Gasteiger partial charge < -0.3 is 0 Å². The van der Waals surface area contributed by atoms with Gasteiger partial charge in [0.1, 0.15) is 0 Å². The number of halogens is 3. The summed E-state index contributed by atoms with van der Waals surface area (Å²) in [6, 6.07) is 5.23. The molecule has 0 saturated heterocycles. The Labute approximate surface area is 98.6 Å². The molecule has 0 atom stereocenters. The monoisotopic (exact) mass is 243 g/mol. The maximum Gasteiger partial charge on any atom is 0.416 e. The summed E-state index contributed by atoms with van der Waals surface area (Å²) in [7, 11) is 0. The van der Waals surface area contributed by atoms with Gasteiger partial charge in [-0.1, -0.05) is 18.6 Å². The SMILES string of the molecule is O=[C]CCCCCc1ccc(C(F)(F)F)cc1. The lowest BCUT2D eigenvalue weighted by atomic mass is 10.0. The van der Waals surface area contributed by atoms with Crippen molar-refractivity contribution in [3.8, 4) is 0 Å². The van der Waals surface area contributed by atoms with Crippen molar-refractivity contribution >= 4 is 6.29 Å². The molecule has 0 aliphatic carbocycles. The van der Waals surface area contributed by atoms with E-state index in [-0.39, 0.29) is 0 Å². The van der Waals surface area contributed by atoms with E-state index in [1.807, 2.05) is 6.29 Å². The van der Waals surface area contributed by atoms with E-state index in [1.54, 1.807) is 0 Å². The van der Waals surface area contributed by atoms with Gasteiger partial charge in [-0.2, -0.15) is 13.2 Å². The lowest BCUT2D eigenvalue weighted by molar-refractivity contribution is -0.137. The van der Waals surface area contributed by atoms with E-state index in [1.165, 1.54) is 12.1 Å². The number of hydrogen-bond acceptors (Lipinski definition) is 1. The Morgan fingerprint density at radius 1 is 1.00 bits per heavy atom. The van der Waals surface area contributed by atoms with Crippen LogP contribution in [0.3, 0.4) is 0 Å². The number of rotatable bonds is 6. The van der Waals surface area contributed by atoms with E-state index < -0.39 is 11.7 Å². The van der Waals surface area contributed by atoms with Crippen LogP contribution in [0.4, 0.5) is 13.2 Å². The maximum atomic E-state index is 12.3. The van der Waals surface area contributed by atoms with E-state index in [9.17, 15) is 18.0 Å². The number of unbranched alkanes of at least 4 members (excludes halogenated alkanes) is 3. The van der Waals surface area contributed by atoms with Gasteiger partial charge in [0.05, 0.1) is 5.56 Å². The third-order valence-electron chi connectivity index (χ3n) is 2.53. The Kier molecular flexibility index (Phi) is 5.19. The van der Waals surface area contributed by atoms with Crippen molar-refractivity contribution in [1.82, 2.24) is 0 Å². The van der Waals surface area contributed by atoms with Crippen LogP contribution in [-0.2, 0) is 17.4 Å². The van der Waals surface area contributed by atoms with Crippen molar-refractivity contribution in [3.63, 3.8) is 0 Å². The first kappa shape index (κ1) is 13.7. The molecule has 0 heterocycles. The average Bonchev–Trinajstić information content (AvgIpc) is 2.28. The molecule has 1 rings (SSSR count). The second-order valence-corrected chi connectivity index (χ2v) is 3.90. The molecule has 0 fully saturated rings. The molecule has 93 valence electrons. The van der Waals surface area contributed by atoms with Crippen molar-refractivity contribution in [2.75, 3.05) is 0 Å². The number of carbonyl (C=O) groups excluding carboxylic acids is 1. The first-order chi connectivity index (χ1) is 8.04. The average molecular weight is 243 g/mol. The van der Waals surface area contributed by atoms with E-state index in [2.05, 4.69) is 0 Å². The lowest BCUT2D eigenvalue weighted by Crippen LogP contribution is -2.04. The third kappa shape index (κ3) is 5.02. The molecule has 0 saturated carbocycles. The Morgan fingerprint density at radius 2 is 1.65 bits per heavy atom. The minimum absolute atomic E-state index is 0.438. The molecule has 4 heteroatoms. The predicted molar refractivity (Wildman–Crippen MR) is 59.3 cm³/mol. The molecular weight excluding hydrogens is 229 g/mol. The van der Waals surface area contributed by atoms with Gasteiger partial charge in [0.25, 0.3) is 0 Å². The topological polar surface area (TPSA) is 17.1 Å². The van der Waals surface area contributed by atoms with Gasteiger partial charge in [-0.3, -0.25) is 4.79 Å². The molecule has 0 spiro atoms. The van der Waals surface area contributed by atoms with Gasteiger partial charge in [0.2, 0.25) is 0 Å². The normalized spacial score (nSPS) is 11.5. The minimum atomic E-state index is -4.27. The number of benzene rings is 1. The standard InChI is InChI=1S/C13H14F3O/c14-13(15,16)12-8-6-11(7-9-12)5-3-1-2-4-10-17/h6-9H,1-5H2. The molecule has 1 aromatic rings. The van der Waals surface area contributed by atoms with Gasteiger partial charge in [0.15, 0.2) is 6.29 Å². The molecule has 1 radical (unpaired) electrons. The van der Waals surface area contributed by atoms with Gasteiger partial charge in [-0.25, -0.2) is 0 Å². The van der Waals surface area contributed by atoms with E-state index in [4.69, 9.17) is 0 Å². The molecule has 0 unspecified atom stereocenters. The Hall–Kier alpha value is -1.32. The van der Waals surface area contributed by atoms with Crippen LogP contribution in [0.2, 0.25) is 0 Å². The van der Waals surface area contributed by atoms with Gasteiger partial charge in [-0.05, 0) is 37.0 Å². The van der Waals surface area contributed by atoms with Crippen molar-refractivity contribution in [2.45, 2.75) is 38.3 Å². The largest absolute Gasteiger partial charge is 0.416 e. The Bertz CT molecular complexity index is 341. The van der Waals surface area contributed by atoms with Crippen LogP contribution >= 0.6 is 0 Å². The maximum absolute atomic E-state index is 12.3. The summed E-state index contributed by atoms with van der Waals surface area (Å²) in [5.74, 6) is 0. The molecule has 1 aromatic carbocycles. The first-order valence-electron chi connectivity index (χ1n) is 5.55. The van der Waals surface area contributed by atoms with Crippen molar-refractivity contribution in [2.24, 2.45) is 0 Å². The van der Waals surface area contributed by atoms with Crippen LogP contribution in [0.25, 0.3) is 0 Å². The van der Waals surface area contributed by atoms with Crippen molar-refractivity contribution < 1.29 is 18.0 Å². The molecule has 0 aromatic heterocycles. The van der Waals surface area contributed by atoms with Crippen LogP contribution < -0.4 is 0 Å². The van der Waals surface area contributed by atoms with Crippen LogP contribution in [0.15, 0.2) is 24.3 Å². The summed E-state index contributed by atoms with van der Waals surface area (Å²) in [4.78, 5) is 9.94. The fraction of sp³-hybridized carbons (Fsp3) is 0.462. The van der Waals surface area contributed by atoms with Gasteiger partial charge in [0, 0.05) is 6.42 Å². The number of alkyl halides is 3. The highest BCUT2D eigenvalue weighted by Crippen LogP contribution is 2.29. The van der Waals surface area contributed by atoms with Crippen LogP contribution in [0, 0.1) is 0 Å². The van der Waals surface area contributed by atoms with Crippen LogP contribution in [0.5, 0.6) is 0 Å². The summed E-state index contributed by atoms with van der Waals surface area (Å²) >= 11 is 0. The smallest absolute Gasteiger partial charge is 0.291 e. The zero-order valence-electron chi connectivity index (χ0n) is 9.39. The van der Waals surface area contributed by atoms with E-state index in [0.717, 1.165) is 43.4 Å². The fourth-order valence-electron chi connectivity index (χ4n) is 1.56. The fourth-order valence-corrected chi connectivity index (χ4v) is 1.56. The molecule has 0 aliphatic heterocycles. The van der Waals surface area contributed by atoms with Crippen molar-refractivity contribution in [1.29, 1.82) is 0 Å². The molecule has 0 bridgehead atoms. The molecule has 17 heavy (non-hydrogen) atoms. The molecular formula is C13H14F3O. The minimum Gasteiger partial charge on any atom is -0.291 e. The predicted octanol–water partition coefficient (Wildman–Crippen LogP) is 3.92. The zero-order chi connectivity index (χ0) is 12.7. The summed E-state index contributed by atoms with van der Waals surface area (Å²) < 4.78 is 36.8. The number of hydrogen-bond donors (Lipinski definition) is 0. The summed E-state index contributed by atoms with van der Waals surface area (Å²) in [6.45, 7) is 0. The summed E-state index contributed by atoms with van der Waals surface area (Å²) in [5, 5.41) is 0. The highest BCUT2D eigenvalue weighted by atomic mass is 19.4. The second-order valence-electron chi connectivity index (χ2n) is 3.90. The molecule has 1 nitrogen and oxygen atoms in total. The van der Waals surface area contributed by atoms with Gasteiger partial charge in [-0.15, -0.1) is 0 Å². The zero-order valence-corrected chi connectivity index (χ0v) is 9.39. The van der Waals surface area contributed by atoms with Crippen LogP contribution in [-0.4, -0.2) is 6.29 Å². The number of aryl methyl sites for hydroxylation is 1. The Morgan fingerprint density at radius 3 is 2.18 bits per heavy atom. The quantitative estimate of drug-likeness (QED) is 0.692. The lowest BCUT2D eigenvalue weighted by Gasteiger charge is -2.07. The van der Waals surface area contributed by atoms with Crippen molar-refractivity contribution in [3.05, 3.63) is 35.4 Å². The Balaban J connectivity index is 2.38. The molecule has 0 N–H and O–H groups in total. The summed E-state index contributed by atoms with van der Waals surface area (Å²) in [5.41, 5.74) is 0.282. The summed E-state index contributed by atoms with van der Waals surface area (Å²) in [6.07, 6.45) is 1.31. The highest BCUT2D eigenvalue weighted by molar-refractivity contribution is 5.50. The van der Waals surface area contributed by atoms with E-state index in [0.29, 0.717) is 6.42 Å². The highest BCUT2D eigenvalue weighted by Gasteiger charge is 2.29. The van der Waals surface area contributed by atoms with Crippen LogP contribution in [0.1, 0.15) is 36.8 Å². The third-order valence-corrected chi connectivity index (χ3v) is 2.53. The van der Waals surface area contributed by atoms with E-state index >= 15 is 0 Å². The molecule has 0 aliphatic rings. The first-order valence-corrected chi connectivity index (χ1v) is 5.55. The molecule has 0 amide bonds.